The van der Waals surface area contributed by atoms with E-state index in [1.165, 1.54) is 0 Å². The minimum absolute atomic E-state index is 0.228. The van der Waals surface area contributed by atoms with Gasteiger partial charge in [-0.15, -0.1) is 0 Å². The van der Waals surface area contributed by atoms with Crippen molar-refractivity contribution in [2.45, 2.75) is 32.4 Å². The maximum absolute atomic E-state index is 9.37. The van der Waals surface area contributed by atoms with E-state index in [0.29, 0.717) is 16.6 Å². The Bertz CT molecular complexity index is 311. The number of aliphatic hydroxyl groups is 1. The summed E-state index contributed by atoms with van der Waals surface area (Å²) in [5, 5.41) is 13.9. The minimum Gasteiger partial charge on any atom is -0.393 e. The maximum Gasteiger partial charge on any atom is 0.0549 e. The summed E-state index contributed by atoms with van der Waals surface area (Å²) < 4.78 is 0. The Balaban J connectivity index is 2.37. The average molecular weight is 262 g/mol. The molecule has 0 aromatic heterocycles. The van der Waals surface area contributed by atoms with Crippen molar-refractivity contribution in [1.29, 1.82) is 0 Å². The second kappa shape index (κ2) is 7.13. The molecule has 0 saturated carbocycles. The molecular weight excluding hydrogens is 245 g/mol. The molecule has 1 rings (SSSR count). The summed E-state index contributed by atoms with van der Waals surface area (Å²) in [5.74, 6) is 0. The zero-order valence-electron chi connectivity index (χ0n) is 9.34. The van der Waals surface area contributed by atoms with Gasteiger partial charge in [0.25, 0.3) is 0 Å². The van der Waals surface area contributed by atoms with E-state index in [2.05, 4.69) is 5.32 Å². The quantitative estimate of drug-likeness (QED) is 0.771. The highest BCUT2D eigenvalue weighted by Crippen LogP contribution is 2.23. The van der Waals surface area contributed by atoms with E-state index in [1.54, 1.807) is 0 Å². The molecule has 0 aliphatic heterocycles. The number of benzene rings is 1. The van der Waals surface area contributed by atoms with Gasteiger partial charge in [0.15, 0.2) is 0 Å². The number of rotatable bonds is 6. The van der Waals surface area contributed by atoms with Crippen molar-refractivity contribution in [3.63, 3.8) is 0 Å². The van der Waals surface area contributed by atoms with Crippen molar-refractivity contribution in [1.82, 2.24) is 5.32 Å². The van der Waals surface area contributed by atoms with E-state index in [-0.39, 0.29) is 6.10 Å². The number of aliphatic hydroxyl groups excluding tert-OH is 1. The molecule has 4 heteroatoms. The van der Waals surface area contributed by atoms with E-state index in [9.17, 15) is 5.11 Å². The average Bonchev–Trinajstić information content (AvgIpc) is 2.27. The normalized spacial score (nSPS) is 12.8. The maximum atomic E-state index is 9.37. The summed E-state index contributed by atoms with van der Waals surface area (Å²) in [6, 6.07) is 5.48. The van der Waals surface area contributed by atoms with Gasteiger partial charge >= 0.3 is 0 Å². The van der Waals surface area contributed by atoms with Crippen LogP contribution in [0.4, 0.5) is 0 Å². The van der Waals surface area contributed by atoms with E-state index >= 15 is 0 Å². The number of hydrogen-bond donors (Lipinski definition) is 2. The molecule has 0 aliphatic carbocycles. The lowest BCUT2D eigenvalue weighted by Gasteiger charge is -2.10. The van der Waals surface area contributed by atoms with E-state index in [4.69, 9.17) is 23.2 Å². The first kappa shape index (κ1) is 13.8. The van der Waals surface area contributed by atoms with Gasteiger partial charge in [0.1, 0.15) is 0 Å². The number of nitrogens with one attached hydrogen (secondary N) is 1. The predicted molar refractivity (Wildman–Crippen MR) is 69.1 cm³/mol. The highest BCUT2D eigenvalue weighted by molar-refractivity contribution is 6.35. The summed E-state index contributed by atoms with van der Waals surface area (Å²) in [5.41, 5.74) is 0.914. The molecule has 0 saturated heterocycles. The van der Waals surface area contributed by atoms with Gasteiger partial charge in [-0.25, -0.2) is 0 Å². The van der Waals surface area contributed by atoms with Crippen LogP contribution in [0.15, 0.2) is 18.2 Å². The third-order valence-electron chi connectivity index (χ3n) is 2.49. The van der Waals surface area contributed by atoms with Gasteiger partial charge in [-0.2, -0.15) is 0 Å². The first-order valence-corrected chi connectivity index (χ1v) is 6.22. The topological polar surface area (TPSA) is 32.3 Å². The van der Waals surface area contributed by atoms with Crippen LogP contribution in [-0.4, -0.2) is 17.8 Å². The third-order valence-corrected chi connectivity index (χ3v) is 3.20. The number of hydrogen-bond acceptors (Lipinski definition) is 2. The summed E-state index contributed by atoms with van der Waals surface area (Å²) in [6.07, 6.45) is 1.31. The fourth-order valence-electron chi connectivity index (χ4n) is 1.39. The molecule has 0 bridgehead atoms. The van der Waals surface area contributed by atoms with Crippen LogP contribution in [-0.2, 0) is 6.54 Å². The molecule has 16 heavy (non-hydrogen) atoms. The molecule has 0 fully saturated rings. The largest absolute Gasteiger partial charge is 0.393 e. The molecule has 1 atom stereocenters. The van der Waals surface area contributed by atoms with Crippen LogP contribution < -0.4 is 5.32 Å². The van der Waals surface area contributed by atoms with Crippen molar-refractivity contribution in [3.8, 4) is 0 Å². The SMILES string of the molecule is CCC(O)CCNCc1c(Cl)cccc1Cl. The summed E-state index contributed by atoms with van der Waals surface area (Å²) in [6.45, 7) is 3.36. The Morgan fingerprint density at radius 1 is 1.31 bits per heavy atom. The molecular formula is C12H17Cl2NO. The first-order chi connectivity index (χ1) is 7.65. The molecule has 0 spiro atoms. The molecule has 1 aromatic carbocycles. The number of halogens is 2. The lowest BCUT2D eigenvalue weighted by molar-refractivity contribution is 0.159. The Morgan fingerprint density at radius 3 is 2.50 bits per heavy atom. The second-order valence-electron chi connectivity index (χ2n) is 3.73. The van der Waals surface area contributed by atoms with Crippen molar-refractivity contribution in [2.75, 3.05) is 6.54 Å². The van der Waals surface area contributed by atoms with Crippen LogP contribution in [0.1, 0.15) is 25.3 Å². The smallest absolute Gasteiger partial charge is 0.0549 e. The molecule has 1 aromatic rings. The zero-order valence-corrected chi connectivity index (χ0v) is 10.9. The zero-order chi connectivity index (χ0) is 12.0. The highest BCUT2D eigenvalue weighted by Gasteiger charge is 2.05. The first-order valence-electron chi connectivity index (χ1n) is 5.46. The van der Waals surface area contributed by atoms with Gasteiger partial charge in [0, 0.05) is 22.2 Å². The summed E-state index contributed by atoms with van der Waals surface area (Å²) in [7, 11) is 0. The molecule has 2 nitrogen and oxygen atoms in total. The molecule has 1 unspecified atom stereocenters. The van der Waals surface area contributed by atoms with E-state index in [1.807, 2.05) is 25.1 Å². The van der Waals surface area contributed by atoms with Gasteiger partial charge in [-0.3, -0.25) is 0 Å². The van der Waals surface area contributed by atoms with Crippen molar-refractivity contribution in [2.24, 2.45) is 0 Å². The molecule has 2 N–H and O–H groups in total. The third kappa shape index (κ3) is 4.30. The molecule has 0 aliphatic rings. The minimum atomic E-state index is -0.228. The molecule has 90 valence electrons. The Hall–Kier alpha value is -0.280. The monoisotopic (exact) mass is 261 g/mol. The Morgan fingerprint density at radius 2 is 1.94 bits per heavy atom. The van der Waals surface area contributed by atoms with E-state index < -0.39 is 0 Å². The van der Waals surface area contributed by atoms with Crippen LogP contribution in [0.25, 0.3) is 0 Å². The van der Waals surface area contributed by atoms with Crippen LogP contribution >= 0.6 is 23.2 Å². The molecule has 0 heterocycles. The van der Waals surface area contributed by atoms with Gasteiger partial charge < -0.3 is 10.4 Å². The standard InChI is InChI=1S/C12H17Cl2NO/c1-2-9(16)6-7-15-8-10-11(13)4-3-5-12(10)14/h3-5,9,15-16H,2,6-8H2,1H3. The van der Waals surface area contributed by atoms with E-state index in [0.717, 1.165) is 24.9 Å². The fourth-order valence-corrected chi connectivity index (χ4v) is 1.92. The Kier molecular flexibility index (Phi) is 6.14. The Labute approximate surface area is 107 Å². The van der Waals surface area contributed by atoms with Crippen molar-refractivity contribution < 1.29 is 5.11 Å². The molecule has 0 radical (unpaired) electrons. The van der Waals surface area contributed by atoms with Crippen LogP contribution in [0.2, 0.25) is 10.0 Å². The van der Waals surface area contributed by atoms with Crippen LogP contribution in [0, 0.1) is 0 Å². The lowest BCUT2D eigenvalue weighted by Crippen LogP contribution is -2.20. The van der Waals surface area contributed by atoms with Gasteiger partial charge in [-0.1, -0.05) is 36.2 Å². The highest BCUT2D eigenvalue weighted by atomic mass is 35.5. The van der Waals surface area contributed by atoms with Gasteiger partial charge in [-0.05, 0) is 31.5 Å². The van der Waals surface area contributed by atoms with Crippen LogP contribution in [0.3, 0.4) is 0 Å². The second-order valence-corrected chi connectivity index (χ2v) is 4.54. The summed E-state index contributed by atoms with van der Waals surface area (Å²) >= 11 is 12.0. The molecule has 0 amide bonds. The predicted octanol–water partition coefficient (Wildman–Crippen LogP) is 3.24. The van der Waals surface area contributed by atoms with Gasteiger partial charge in [0.05, 0.1) is 6.10 Å². The van der Waals surface area contributed by atoms with Gasteiger partial charge in [0.2, 0.25) is 0 Å². The lowest BCUT2D eigenvalue weighted by atomic mass is 10.2. The van der Waals surface area contributed by atoms with Crippen LogP contribution in [0.5, 0.6) is 0 Å². The fraction of sp³-hybridized carbons (Fsp3) is 0.500. The summed E-state index contributed by atoms with van der Waals surface area (Å²) in [4.78, 5) is 0. The van der Waals surface area contributed by atoms with Crippen molar-refractivity contribution >= 4 is 23.2 Å². The van der Waals surface area contributed by atoms with Crippen molar-refractivity contribution in [3.05, 3.63) is 33.8 Å².